The fourth-order valence-corrected chi connectivity index (χ4v) is 2.81. The summed E-state index contributed by atoms with van der Waals surface area (Å²) >= 11 is 0. The van der Waals surface area contributed by atoms with E-state index in [4.69, 9.17) is 4.74 Å². The SMILES string of the molecule is CCCCCCCCCCCCCCOC(=O)C#Cc1ccc(O)cc1. The third kappa shape index (κ3) is 12.4. The summed E-state index contributed by atoms with van der Waals surface area (Å²) in [5.41, 5.74) is 0.685. The normalized spacial score (nSPS) is 10.2. The van der Waals surface area contributed by atoms with Gasteiger partial charge in [-0.25, -0.2) is 4.79 Å². The third-order valence-electron chi connectivity index (χ3n) is 4.41. The number of carbonyl (C=O) groups excluding carboxylic acids is 1. The van der Waals surface area contributed by atoms with E-state index in [-0.39, 0.29) is 5.75 Å². The molecule has 3 heteroatoms. The van der Waals surface area contributed by atoms with Crippen LogP contribution in [0.4, 0.5) is 0 Å². The van der Waals surface area contributed by atoms with Crippen LogP contribution in [0.25, 0.3) is 0 Å². The van der Waals surface area contributed by atoms with Gasteiger partial charge in [0.05, 0.1) is 6.61 Å². The van der Waals surface area contributed by atoms with Gasteiger partial charge in [-0.3, -0.25) is 0 Å². The van der Waals surface area contributed by atoms with Crippen molar-refractivity contribution in [3.8, 4) is 17.6 Å². The number of carbonyl (C=O) groups is 1. The molecule has 0 aliphatic rings. The molecule has 1 aromatic rings. The van der Waals surface area contributed by atoms with Crippen molar-refractivity contribution >= 4 is 5.97 Å². The molecule has 0 aromatic heterocycles. The van der Waals surface area contributed by atoms with E-state index in [0.29, 0.717) is 12.2 Å². The highest BCUT2D eigenvalue weighted by atomic mass is 16.5. The van der Waals surface area contributed by atoms with Gasteiger partial charge in [-0.15, -0.1) is 0 Å². The monoisotopic (exact) mass is 358 g/mol. The van der Waals surface area contributed by atoms with Crippen molar-refractivity contribution in [1.82, 2.24) is 0 Å². The van der Waals surface area contributed by atoms with Gasteiger partial charge in [0.2, 0.25) is 0 Å². The summed E-state index contributed by atoms with van der Waals surface area (Å²) in [4.78, 5) is 11.5. The maximum Gasteiger partial charge on any atom is 0.384 e. The lowest BCUT2D eigenvalue weighted by Crippen LogP contribution is -2.02. The van der Waals surface area contributed by atoms with Gasteiger partial charge in [-0.2, -0.15) is 0 Å². The number of esters is 1. The number of unbranched alkanes of at least 4 members (excludes halogenated alkanes) is 11. The smallest absolute Gasteiger partial charge is 0.384 e. The van der Waals surface area contributed by atoms with E-state index in [0.717, 1.165) is 12.8 Å². The second-order valence-electron chi connectivity index (χ2n) is 6.82. The number of phenolic OH excluding ortho intramolecular Hbond substituents is 1. The molecule has 1 rings (SSSR count). The number of rotatable bonds is 13. The van der Waals surface area contributed by atoms with E-state index in [1.807, 2.05) is 0 Å². The predicted octanol–water partition coefficient (Wildman–Crippen LogP) is 5.99. The first-order valence-corrected chi connectivity index (χ1v) is 10.2. The lowest BCUT2D eigenvalue weighted by molar-refractivity contribution is -0.136. The average molecular weight is 359 g/mol. The first-order chi connectivity index (χ1) is 12.7. The molecule has 0 heterocycles. The fourth-order valence-electron chi connectivity index (χ4n) is 2.81. The molecule has 1 N–H and O–H groups in total. The van der Waals surface area contributed by atoms with Gasteiger partial charge in [0.15, 0.2) is 0 Å². The topological polar surface area (TPSA) is 46.5 Å². The molecule has 0 atom stereocenters. The van der Waals surface area contributed by atoms with Crippen molar-refractivity contribution in [3.05, 3.63) is 29.8 Å². The maximum atomic E-state index is 11.5. The number of phenols is 1. The second-order valence-corrected chi connectivity index (χ2v) is 6.82. The van der Waals surface area contributed by atoms with Crippen molar-refractivity contribution < 1.29 is 14.6 Å². The highest BCUT2D eigenvalue weighted by Crippen LogP contribution is 2.12. The van der Waals surface area contributed by atoms with Crippen LogP contribution in [0.2, 0.25) is 0 Å². The molecular weight excluding hydrogens is 324 g/mol. The first kappa shape index (κ1) is 22.1. The van der Waals surface area contributed by atoms with Crippen LogP contribution >= 0.6 is 0 Å². The van der Waals surface area contributed by atoms with E-state index in [1.165, 1.54) is 64.2 Å². The minimum atomic E-state index is -0.485. The summed E-state index contributed by atoms with van der Waals surface area (Å²) < 4.78 is 5.12. The molecule has 0 radical (unpaired) electrons. The molecule has 0 bridgehead atoms. The molecule has 144 valence electrons. The highest BCUT2D eigenvalue weighted by molar-refractivity contribution is 5.89. The quantitative estimate of drug-likeness (QED) is 0.268. The Kier molecular flexibility index (Phi) is 13.0. The third-order valence-corrected chi connectivity index (χ3v) is 4.41. The Hall–Kier alpha value is -1.95. The minimum Gasteiger partial charge on any atom is -0.508 e. The van der Waals surface area contributed by atoms with E-state index in [2.05, 4.69) is 18.8 Å². The van der Waals surface area contributed by atoms with Gasteiger partial charge in [0, 0.05) is 11.5 Å². The van der Waals surface area contributed by atoms with Gasteiger partial charge in [-0.1, -0.05) is 83.5 Å². The zero-order chi connectivity index (χ0) is 18.9. The molecule has 0 aliphatic heterocycles. The summed E-state index contributed by atoms with van der Waals surface area (Å²) in [6.45, 7) is 2.70. The zero-order valence-corrected chi connectivity index (χ0v) is 16.3. The van der Waals surface area contributed by atoms with Gasteiger partial charge < -0.3 is 9.84 Å². The van der Waals surface area contributed by atoms with Gasteiger partial charge in [0.25, 0.3) is 0 Å². The van der Waals surface area contributed by atoms with Crippen molar-refractivity contribution in [3.63, 3.8) is 0 Å². The van der Waals surface area contributed by atoms with Crippen LogP contribution in [0.3, 0.4) is 0 Å². The molecule has 0 amide bonds. The Bertz CT molecular complexity index is 537. The number of benzene rings is 1. The molecule has 0 aliphatic carbocycles. The van der Waals surface area contributed by atoms with Crippen molar-refractivity contribution in [1.29, 1.82) is 0 Å². The van der Waals surface area contributed by atoms with Crippen LogP contribution in [0.5, 0.6) is 5.75 Å². The summed E-state index contributed by atoms with van der Waals surface area (Å²) in [7, 11) is 0. The Morgan fingerprint density at radius 1 is 0.846 bits per heavy atom. The predicted molar refractivity (Wildman–Crippen MR) is 107 cm³/mol. The van der Waals surface area contributed by atoms with E-state index < -0.39 is 5.97 Å². The van der Waals surface area contributed by atoms with E-state index in [1.54, 1.807) is 24.3 Å². The van der Waals surface area contributed by atoms with E-state index in [9.17, 15) is 9.90 Å². The van der Waals surface area contributed by atoms with Crippen LogP contribution in [-0.2, 0) is 9.53 Å². The molecule has 3 nitrogen and oxygen atoms in total. The molecule has 0 spiro atoms. The van der Waals surface area contributed by atoms with E-state index >= 15 is 0 Å². The lowest BCUT2D eigenvalue weighted by Gasteiger charge is -2.03. The molecule has 0 unspecified atom stereocenters. The van der Waals surface area contributed by atoms with Crippen LogP contribution in [-0.4, -0.2) is 17.7 Å². The van der Waals surface area contributed by atoms with Crippen LogP contribution < -0.4 is 0 Å². The molecule has 26 heavy (non-hydrogen) atoms. The Morgan fingerprint density at radius 3 is 1.88 bits per heavy atom. The molecule has 0 fully saturated rings. The average Bonchev–Trinajstić information content (AvgIpc) is 2.65. The van der Waals surface area contributed by atoms with Crippen LogP contribution in [0, 0.1) is 11.8 Å². The van der Waals surface area contributed by atoms with Gasteiger partial charge >= 0.3 is 5.97 Å². The maximum absolute atomic E-state index is 11.5. The van der Waals surface area contributed by atoms with Crippen LogP contribution in [0.15, 0.2) is 24.3 Å². The van der Waals surface area contributed by atoms with Crippen molar-refractivity contribution in [2.45, 2.75) is 84.0 Å². The van der Waals surface area contributed by atoms with Crippen molar-refractivity contribution in [2.75, 3.05) is 6.61 Å². The van der Waals surface area contributed by atoms with Crippen LogP contribution in [0.1, 0.15) is 89.5 Å². The molecule has 0 saturated heterocycles. The Labute approximate surface area is 159 Å². The molecular formula is C23H34O3. The number of aromatic hydroxyl groups is 1. The largest absolute Gasteiger partial charge is 0.508 e. The molecule has 0 saturated carbocycles. The first-order valence-electron chi connectivity index (χ1n) is 10.2. The second kappa shape index (κ2) is 15.3. The van der Waals surface area contributed by atoms with Crippen molar-refractivity contribution in [2.24, 2.45) is 0 Å². The van der Waals surface area contributed by atoms with Gasteiger partial charge in [0.1, 0.15) is 5.75 Å². The standard InChI is InChI=1S/C23H34O3/c1-2-3-4-5-6-7-8-9-10-11-12-13-20-26-23(25)19-16-21-14-17-22(24)18-15-21/h14-15,17-18,24H,2-13,20H2,1H3. The summed E-state index contributed by atoms with van der Waals surface area (Å²) in [5.74, 6) is 4.90. The fraction of sp³-hybridized carbons (Fsp3) is 0.609. The lowest BCUT2D eigenvalue weighted by atomic mass is 10.1. The molecule has 1 aromatic carbocycles. The number of hydrogen-bond donors (Lipinski definition) is 1. The Morgan fingerprint density at radius 2 is 1.35 bits per heavy atom. The summed E-state index contributed by atoms with van der Waals surface area (Å²) in [6.07, 6.45) is 15.5. The van der Waals surface area contributed by atoms with Gasteiger partial charge in [-0.05, 0) is 30.7 Å². The minimum absolute atomic E-state index is 0.185. The summed E-state index contributed by atoms with van der Waals surface area (Å²) in [5, 5.41) is 9.18. The summed E-state index contributed by atoms with van der Waals surface area (Å²) in [6, 6.07) is 6.42. The number of hydrogen-bond acceptors (Lipinski definition) is 3. The zero-order valence-electron chi connectivity index (χ0n) is 16.3. The number of ether oxygens (including phenoxy) is 1. The highest BCUT2D eigenvalue weighted by Gasteiger charge is 1.98. The Balaban J connectivity index is 1.91.